The Morgan fingerprint density at radius 1 is 1.20 bits per heavy atom. The highest BCUT2D eigenvalue weighted by Gasteiger charge is 2.04. The van der Waals surface area contributed by atoms with Crippen LogP contribution in [0.25, 0.3) is 0 Å². The van der Waals surface area contributed by atoms with Crippen molar-refractivity contribution < 1.29 is 4.79 Å². The Kier molecular flexibility index (Phi) is 5.49. The summed E-state index contributed by atoms with van der Waals surface area (Å²) in [6.07, 6.45) is 1.73. The van der Waals surface area contributed by atoms with Crippen LogP contribution in [0, 0.1) is 6.92 Å². The van der Waals surface area contributed by atoms with Gasteiger partial charge >= 0.3 is 6.03 Å². The molecular weight excluding hydrogens is 292 g/mol. The molecule has 0 aliphatic carbocycles. The summed E-state index contributed by atoms with van der Waals surface area (Å²) in [5, 5.41) is 11.8. The smallest absolute Gasteiger partial charge is 0.315 e. The van der Waals surface area contributed by atoms with Gasteiger partial charge < -0.3 is 10.6 Å². The van der Waals surface area contributed by atoms with Crippen molar-refractivity contribution in [3.05, 3.63) is 32.2 Å². The van der Waals surface area contributed by atoms with Crippen molar-refractivity contribution in [2.75, 3.05) is 6.54 Å². The third-order valence-electron chi connectivity index (χ3n) is 2.67. The van der Waals surface area contributed by atoms with Gasteiger partial charge in [0.1, 0.15) is 0 Å². The van der Waals surface area contributed by atoms with Crippen LogP contribution < -0.4 is 10.6 Å². The van der Waals surface area contributed by atoms with Gasteiger partial charge in [0.25, 0.3) is 0 Å². The fraction of sp³-hybridized carbons (Fsp3) is 0.462. The van der Waals surface area contributed by atoms with Gasteiger partial charge in [-0.3, -0.25) is 0 Å². The van der Waals surface area contributed by atoms with Crippen molar-refractivity contribution in [1.82, 2.24) is 20.6 Å². The van der Waals surface area contributed by atoms with E-state index in [0.29, 0.717) is 13.1 Å². The van der Waals surface area contributed by atoms with Gasteiger partial charge in [-0.25, -0.2) is 14.8 Å². The van der Waals surface area contributed by atoms with Crippen LogP contribution >= 0.6 is 22.7 Å². The number of hydrogen-bond donors (Lipinski definition) is 2. The normalized spacial score (nSPS) is 10.5. The highest BCUT2D eigenvalue weighted by atomic mass is 32.1. The van der Waals surface area contributed by atoms with Crippen LogP contribution in [0.5, 0.6) is 0 Å². The van der Waals surface area contributed by atoms with Gasteiger partial charge in [0.05, 0.1) is 27.9 Å². The lowest BCUT2D eigenvalue weighted by Crippen LogP contribution is -2.36. The Balaban J connectivity index is 1.65. The molecule has 0 fully saturated rings. The monoisotopic (exact) mass is 310 g/mol. The Morgan fingerprint density at radius 2 is 2.00 bits per heavy atom. The fourth-order valence-corrected chi connectivity index (χ4v) is 3.04. The van der Waals surface area contributed by atoms with Crippen molar-refractivity contribution in [3.63, 3.8) is 0 Å². The molecule has 0 aliphatic heterocycles. The number of urea groups is 1. The molecule has 0 aliphatic rings. The zero-order valence-corrected chi connectivity index (χ0v) is 13.2. The maximum absolute atomic E-state index is 11.6. The van der Waals surface area contributed by atoms with Crippen LogP contribution in [0.1, 0.15) is 28.3 Å². The van der Waals surface area contributed by atoms with E-state index in [1.165, 1.54) is 0 Å². The van der Waals surface area contributed by atoms with Gasteiger partial charge in [0, 0.05) is 23.7 Å². The van der Waals surface area contributed by atoms with Crippen LogP contribution in [-0.2, 0) is 19.4 Å². The second-order valence-electron chi connectivity index (χ2n) is 4.30. The molecule has 2 rings (SSSR count). The number of aryl methyl sites for hydroxylation is 2. The molecule has 108 valence electrons. The van der Waals surface area contributed by atoms with E-state index >= 15 is 0 Å². The lowest BCUT2D eigenvalue weighted by Gasteiger charge is -2.05. The second kappa shape index (κ2) is 7.35. The topological polar surface area (TPSA) is 66.9 Å². The Morgan fingerprint density at radius 3 is 2.65 bits per heavy atom. The molecule has 2 amide bonds. The molecule has 0 saturated heterocycles. The minimum atomic E-state index is -0.165. The standard InChI is InChI=1S/C13H18N4OS2/c1-3-12-17-10(7-20-12)4-5-14-13(18)15-6-11-8-19-9(2)16-11/h7-8H,3-6H2,1-2H3,(H2,14,15,18). The lowest BCUT2D eigenvalue weighted by atomic mass is 10.3. The quantitative estimate of drug-likeness (QED) is 0.861. The van der Waals surface area contributed by atoms with E-state index in [1.54, 1.807) is 22.7 Å². The molecule has 0 radical (unpaired) electrons. The van der Waals surface area contributed by atoms with Gasteiger partial charge in [0.15, 0.2) is 0 Å². The van der Waals surface area contributed by atoms with E-state index in [2.05, 4.69) is 32.9 Å². The molecule has 2 aromatic heterocycles. The van der Waals surface area contributed by atoms with Crippen LogP contribution in [0.3, 0.4) is 0 Å². The zero-order valence-electron chi connectivity index (χ0n) is 11.6. The molecule has 0 bridgehead atoms. The van der Waals surface area contributed by atoms with Gasteiger partial charge in [-0.15, -0.1) is 22.7 Å². The molecule has 0 unspecified atom stereocenters. The van der Waals surface area contributed by atoms with Gasteiger partial charge in [-0.2, -0.15) is 0 Å². The summed E-state index contributed by atoms with van der Waals surface area (Å²) in [5.74, 6) is 0. The van der Waals surface area contributed by atoms with E-state index in [1.807, 2.05) is 12.3 Å². The molecule has 0 spiro atoms. The number of rotatable bonds is 6. The number of hydrogen-bond acceptors (Lipinski definition) is 5. The molecule has 20 heavy (non-hydrogen) atoms. The van der Waals surface area contributed by atoms with Crippen molar-refractivity contribution >= 4 is 28.7 Å². The number of aromatic nitrogens is 2. The summed E-state index contributed by atoms with van der Waals surface area (Å²) in [5.41, 5.74) is 1.94. The summed E-state index contributed by atoms with van der Waals surface area (Å²) in [7, 11) is 0. The first-order valence-electron chi connectivity index (χ1n) is 6.53. The summed E-state index contributed by atoms with van der Waals surface area (Å²) >= 11 is 3.26. The lowest BCUT2D eigenvalue weighted by molar-refractivity contribution is 0.240. The van der Waals surface area contributed by atoms with Crippen LogP contribution in [0.15, 0.2) is 10.8 Å². The van der Waals surface area contributed by atoms with Crippen molar-refractivity contribution in [2.24, 2.45) is 0 Å². The predicted octanol–water partition coefficient (Wildman–Crippen LogP) is 2.51. The third kappa shape index (κ3) is 4.57. The SMILES string of the molecule is CCc1nc(CCNC(=O)NCc2csc(C)n2)cs1. The molecule has 5 nitrogen and oxygen atoms in total. The maximum atomic E-state index is 11.6. The van der Waals surface area contributed by atoms with E-state index in [-0.39, 0.29) is 6.03 Å². The van der Waals surface area contributed by atoms with Crippen molar-refractivity contribution in [1.29, 1.82) is 0 Å². The van der Waals surface area contributed by atoms with E-state index in [9.17, 15) is 4.79 Å². The number of nitrogens with zero attached hydrogens (tertiary/aromatic N) is 2. The average Bonchev–Trinajstić information content (AvgIpc) is 3.05. The number of carbonyl (C=O) groups excluding carboxylic acids is 1. The van der Waals surface area contributed by atoms with Crippen LogP contribution in [0.2, 0.25) is 0 Å². The molecule has 2 N–H and O–H groups in total. The van der Waals surface area contributed by atoms with Crippen LogP contribution in [-0.4, -0.2) is 22.5 Å². The number of carbonyl (C=O) groups is 1. The molecule has 2 aromatic rings. The fourth-order valence-electron chi connectivity index (χ4n) is 1.65. The highest BCUT2D eigenvalue weighted by Crippen LogP contribution is 2.10. The summed E-state index contributed by atoms with van der Waals surface area (Å²) in [6.45, 7) is 5.10. The number of thiazole rings is 2. The maximum Gasteiger partial charge on any atom is 0.315 e. The zero-order chi connectivity index (χ0) is 14.4. The summed E-state index contributed by atoms with van der Waals surface area (Å²) in [6, 6.07) is -0.165. The van der Waals surface area contributed by atoms with E-state index < -0.39 is 0 Å². The van der Waals surface area contributed by atoms with Gasteiger partial charge in [-0.1, -0.05) is 6.92 Å². The Labute approximate surface area is 126 Å². The first-order valence-corrected chi connectivity index (χ1v) is 8.29. The first-order chi connectivity index (χ1) is 9.67. The van der Waals surface area contributed by atoms with Gasteiger partial charge in [0.2, 0.25) is 0 Å². The summed E-state index contributed by atoms with van der Waals surface area (Å²) in [4.78, 5) is 20.4. The third-order valence-corrected chi connectivity index (χ3v) is 4.53. The van der Waals surface area contributed by atoms with E-state index in [4.69, 9.17) is 0 Å². The highest BCUT2D eigenvalue weighted by molar-refractivity contribution is 7.09. The number of amides is 2. The molecule has 0 aromatic carbocycles. The molecule has 2 heterocycles. The van der Waals surface area contributed by atoms with Crippen LogP contribution in [0.4, 0.5) is 4.79 Å². The molecule has 0 atom stereocenters. The van der Waals surface area contributed by atoms with E-state index in [0.717, 1.165) is 34.2 Å². The predicted molar refractivity (Wildman–Crippen MR) is 82.3 cm³/mol. The summed E-state index contributed by atoms with van der Waals surface area (Å²) < 4.78 is 0. The van der Waals surface area contributed by atoms with Gasteiger partial charge in [-0.05, 0) is 13.3 Å². The minimum Gasteiger partial charge on any atom is -0.338 e. The minimum absolute atomic E-state index is 0.165. The molecule has 0 saturated carbocycles. The molecular formula is C13H18N4OS2. The second-order valence-corrected chi connectivity index (χ2v) is 6.31. The number of nitrogens with one attached hydrogen (secondary N) is 2. The Hall–Kier alpha value is -1.47. The van der Waals surface area contributed by atoms with Crippen molar-refractivity contribution in [3.8, 4) is 0 Å². The largest absolute Gasteiger partial charge is 0.338 e. The average molecular weight is 310 g/mol. The molecule has 7 heteroatoms. The first kappa shape index (κ1) is 14.9. The Bertz CT molecular complexity index is 564. The van der Waals surface area contributed by atoms with Crippen molar-refractivity contribution in [2.45, 2.75) is 33.2 Å².